The fraction of sp³-hybridized carbons (Fsp3) is 0.400. The van der Waals surface area contributed by atoms with Crippen LogP contribution in [0, 0.1) is 6.92 Å². The molecular formula is C15H19NO2S. The van der Waals surface area contributed by atoms with Gasteiger partial charge in [0.15, 0.2) is 0 Å². The van der Waals surface area contributed by atoms with Gasteiger partial charge in [-0.1, -0.05) is 43.3 Å². The lowest BCUT2D eigenvalue weighted by Crippen LogP contribution is -1.99. The molecule has 1 aromatic carbocycles. The minimum absolute atomic E-state index is 0.423. The Kier molecular flexibility index (Phi) is 4.53. The van der Waals surface area contributed by atoms with E-state index in [-0.39, 0.29) is 0 Å². The van der Waals surface area contributed by atoms with Crippen molar-refractivity contribution in [2.75, 3.05) is 0 Å². The van der Waals surface area contributed by atoms with Gasteiger partial charge in [0.05, 0.1) is 11.4 Å². The van der Waals surface area contributed by atoms with Crippen molar-refractivity contribution in [1.82, 2.24) is 5.16 Å². The van der Waals surface area contributed by atoms with Crippen molar-refractivity contribution in [2.24, 2.45) is 0 Å². The van der Waals surface area contributed by atoms with Crippen LogP contribution in [0.4, 0.5) is 0 Å². The summed E-state index contributed by atoms with van der Waals surface area (Å²) in [6, 6.07) is 10.2. The predicted molar refractivity (Wildman–Crippen MR) is 77.3 cm³/mol. The molecule has 1 aromatic heterocycles. The zero-order chi connectivity index (χ0) is 13.8. The second-order valence-electron chi connectivity index (χ2n) is 5.06. The summed E-state index contributed by atoms with van der Waals surface area (Å²) in [6.07, 6.45) is 0. The molecule has 19 heavy (non-hydrogen) atoms. The van der Waals surface area contributed by atoms with Crippen molar-refractivity contribution in [1.29, 1.82) is 0 Å². The molecule has 1 atom stereocenters. The van der Waals surface area contributed by atoms with Gasteiger partial charge in [-0.3, -0.25) is 4.21 Å². The molecule has 0 fully saturated rings. The number of hydrogen-bond acceptors (Lipinski definition) is 3. The van der Waals surface area contributed by atoms with Crippen molar-refractivity contribution in [3.63, 3.8) is 0 Å². The first kappa shape index (κ1) is 14.0. The van der Waals surface area contributed by atoms with E-state index in [1.165, 1.54) is 5.56 Å². The molecule has 0 bridgehead atoms. The lowest BCUT2D eigenvalue weighted by atomic mass is 10.0. The fourth-order valence-electron chi connectivity index (χ4n) is 1.88. The van der Waals surface area contributed by atoms with E-state index < -0.39 is 10.8 Å². The zero-order valence-electron chi connectivity index (χ0n) is 11.6. The van der Waals surface area contributed by atoms with Gasteiger partial charge in [-0.25, -0.2) is 0 Å². The van der Waals surface area contributed by atoms with Crippen molar-refractivity contribution < 1.29 is 8.73 Å². The third kappa shape index (κ3) is 4.03. The van der Waals surface area contributed by atoms with Crippen LogP contribution in [0.2, 0.25) is 0 Å². The lowest BCUT2D eigenvalue weighted by Gasteiger charge is -2.06. The summed E-state index contributed by atoms with van der Waals surface area (Å²) in [7, 11) is -0.960. The van der Waals surface area contributed by atoms with Gasteiger partial charge < -0.3 is 4.52 Å². The molecule has 0 saturated carbocycles. The molecule has 1 heterocycles. The highest BCUT2D eigenvalue weighted by Crippen LogP contribution is 2.16. The summed E-state index contributed by atoms with van der Waals surface area (Å²) in [5.41, 5.74) is 3.23. The van der Waals surface area contributed by atoms with Gasteiger partial charge in [0.1, 0.15) is 5.76 Å². The molecule has 0 spiro atoms. The second kappa shape index (κ2) is 6.15. The molecule has 4 heteroatoms. The van der Waals surface area contributed by atoms with E-state index in [1.54, 1.807) is 0 Å². The number of aryl methyl sites for hydroxylation is 1. The minimum atomic E-state index is -0.960. The summed E-state index contributed by atoms with van der Waals surface area (Å²) in [4.78, 5) is 0. The maximum Gasteiger partial charge on any atom is 0.149 e. The van der Waals surface area contributed by atoms with Crippen LogP contribution in [-0.2, 0) is 22.3 Å². The number of hydrogen-bond donors (Lipinski definition) is 0. The Morgan fingerprint density at radius 1 is 1.21 bits per heavy atom. The third-order valence-corrected chi connectivity index (χ3v) is 4.22. The van der Waals surface area contributed by atoms with E-state index >= 15 is 0 Å². The van der Waals surface area contributed by atoms with Gasteiger partial charge in [-0.2, -0.15) is 0 Å². The molecule has 3 nitrogen and oxygen atoms in total. The second-order valence-corrected chi connectivity index (χ2v) is 6.52. The Morgan fingerprint density at radius 3 is 2.42 bits per heavy atom. The normalized spacial score (nSPS) is 12.8. The van der Waals surface area contributed by atoms with E-state index in [9.17, 15) is 4.21 Å². The topological polar surface area (TPSA) is 43.1 Å². The van der Waals surface area contributed by atoms with Crippen LogP contribution < -0.4 is 0 Å². The Labute approximate surface area is 116 Å². The van der Waals surface area contributed by atoms with Crippen LogP contribution in [-0.4, -0.2) is 9.37 Å². The summed E-state index contributed by atoms with van der Waals surface area (Å²) in [6.45, 7) is 6.19. The maximum atomic E-state index is 12.0. The summed E-state index contributed by atoms with van der Waals surface area (Å²) in [5.74, 6) is 2.19. The number of nitrogens with zero attached hydrogens (tertiary/aromatic N) is 1. The fourth-order valence-corrected chi connectivity index (χ4v) is 3.00. The van der Waals surface area contributed by atoms with E-state index in [1.807, 2.05) is 13.0 Å². The van der Waals surface area contributed by atoms with Crippen molar-refractivity contribution in [3.05, 3.63) is 52.9 Å². The Balaban J connectivity index is 1.95. The van der Waals surface area contributed by atoms with Gasteiger partial charge >= 0.3 is 0 Å². The average Bonchev–Trinajstić information content (AvgIpc) is 2.75. The van der Waals surface area contributed by atoms with Crippen LogP contribution in [0.25, 0.3) is 0 Å². The zero-order valence-corrected chi connectivity index (χ0v) is 12.4. The predicted octanol–water partition coefficient (Wildman–Crippen LogP) is 3.56. The molecule has 102 valence electrons. The smallest absolute Gasteiger partial charge is 0.149 e. The van der Waals surface area contributed by atoms with Crippen molar-refractivity contribution >= 4 is 10.8 Å². The van der Waals surface area contributed by atoms with Gasteiger partial charge in [-0.15, -0.1) is 0 Å². The summed E-state index contributed by atoms with van der Waals surface area (Å²) >= 11 is 0. The average molecular weight is 277 g/mol. The molecule has 0 amide bonds. The largest absolute Gasteiger partial charge is 0.360 e. The van der Waals surface area contributed by atoms with Crippen LogP contribution in [0.1, 0.15) is 42.3 Å². The van der Waals surface area contributed by atoms with Crippen LogP contribution in [0.3, 0.4) is 0 Å². The van der Waals surface area contributed by atoms with E-state index in [0.29, 0.717) is 23.2 Å². The SMILES string of the molecule is Cc1cc(C[S@](=O)Cc2ccc(C(C)C)cc2)on1. The Morgan fingerprint density at radius 2 is 1.89 bits per heavy atom. The molecular weight excluding hydrogens is 258 g/mol. The first-order valence-corrected chi connectivity index (χ1v) is 7.89. The van der Waals surface area contributed by atoms with Crippen molar-refractivity contribution in [2.45, 2.75) is 38.2 Å². The standard InChI is InChI=1S/C15H19NO2S/c1-11(2)14-6-4-13(5-7-14)9-19(17)10-15-8-12(3)16-18-15/h4-8,11H,9-10H2,1-3H3/t19-/m1/s1. The van der Waals surface area contributed by atoms with E-state index in [4.69, 9.17) is 4.52 Å². The first-order chi connectivity index (χ1) is 9.04. The molecule has 0 radical (unpaired) electrons. The number of benzene rings is 1. The van der Waals surface area contributed by atoms with Gasteiger partial charge in [-0.05, 0) is 24.0 Å². The van der Waals surface area contributed by atoms with E-state index in [0.717, 1.165) is 11.3 Å². The Bertz CT molecular complexity index is 558. The lowest BCUT2D eigenvalue weighted by molar-refractivity contribution is 0.390. The van der Waals surface area contributed by atoms with Gasteiger partial charge in [0.2, 0.25) is 0 Å². The summed E-state index contributed by atoms with van der Waals surface area (Å²) in [5, 5.41) is 3.80. The third-order valence-electron chi connectivity index (χ3n) is 2.95. The minimum Gasteiger partial charge on any atom is -0.360 e. The van der Waals surface area contributed by atoms with Gasteiger partial charge in [0, 0.05) is 22.6 Å². The Hall–Kier alpha value is -1.42. The van der Waals surface area contributed by atoms with Crippen LogP contribution in [0.15, 0.2) is 34.9 Å². The first-order valence-electron chi connectivity index (χ1n) is 6.40. The quantitative estimate of drug-likeness (QED) is 0.839. The molecule has 0 aliphatic rings. The molecule has 0 unspecified atom stereocenters. The summed E-state index contributed by atoms with van der Waals surface area (Å²) < 4.78 is 17.1. The highest BCUT2D eigenvalue weighted by Gasteiger charge is 2.08. The molecule has 0 saturated heterocycles. The maximum absolute atomic E-state index is 12.0. The highest BCUT2D eigenvalue weighted by atomic mass is 32.2. The number of aromatic nitrogens is 1. The number of rotatable bonds is 5. The van der Waals surface area contributed by atoms with Crippen molar-refractivity contribution in [3.8, 4) is 0 Å². The van der Waals surface area contributed by atoms with E-state index in [2.05, 4.69) is 43.3 Å². The molecule has 2 rings (SSSR count). The van der Waals surface area contributed by atoms with Gasteiger partial charge in [0.25, 0.3) is 0 Å². The molecule has 0 N–H and O–H groups in total. The molecule has 0 aliphatic heterocycles. The molecule has 0 aliphatic carbocycles. The van der Waals surface area contributed by atoms with Crippen LogP contribution >= 0.6 is 0 Å². The highest BCUT2D eigenvalue weighted by molar-refractivity contribution is 7.83. The monoisotopic (exact) mass is 277 g/mol. The molecule has 2 aromatic rings. The van der Waals surface area contributed by atoms with Crippen LogP contribution in [0.5, 0.6) is 0 Å².